The van der Waals surface area contributed by atoms with Gasteiger partial charge < -0.3 is 14.8 Å². The Bertz CT molecular complexity index is 475. The van der Waals surface area contributed by atoms with Gasteiger partial charge in [0, 0.05) is 32.4 Å². The molecule has 1 aromatic heterocycles. The van der Waals surface area contributed by atoms with Gasteiger partial charge in [-0.3, -0.25) is 9.59 Å². The minimum atomic E-state index is -0.121. The Hall–Kier alpha value is -1.62. The van der Waals surface area contributed by atoms with E-state index in [4.69, 9.17) is 0 Å². The number of nitrogens with one attached hydrogen (secondary N) is 1. The molecule has 1 aliphatic rings. The molecular formula is C13H19N3O2. The van der Waals surface area contributed by atoms with Crippen LogP contribution in [0.25, 0.3) is 0 Å². The first-order valence-corrected chi connectivity index (χ1v) is 6.34. The van der Waals surface area contributed by atoms with E-state index >= 15 is 0 Å². The molecule has 0 spiro atoms. The number of hydrogen-bond acceptors (Lipinski definition) is 3. The molecule has 1 aliphatic heterocycles. The van der Waals surface area contributed by atoms with Gasteiger partial charge in [0.25, 0.3) is 5.91 Å². The van der Waals surface area contributed by atoms with Crippen molar-refractivity contribution in [2.45, 2.75) is 12.8 Å². The fourth-order valence-electron chi connectivity index (χ4n) is 2.16. The van der Waals surface area contributed by atoms with Crippen LogP contribution < -0.4 is 10.9 Å². The molecule has 18 heavy (non-hydrogen) atoms. The predicted molar refractivity (Wildman–Crippen MR) is 69.7 cm³/mol. The van der Waals surface area contributed by atoms with Crippen molar-refractivity contribution in [2.75, 3.05) is 26.2 Å². The number of aromatic nitrogens is 1. The molecule has 1 amide bonds. The minimum absolute atomic E-state index is 0.108. The maximum Gasteiger partial charge on any atom is 0.252 e. The molecule has 0 saturated carbocycles. The van der Waals surface area contributed by atoms with Crippen LogP contribution in [0.15, 0.2) is 23.1 Å². The van der Waals surface area contributed by atoms with Crippen LogP contribution in [0.1, 0.15) is 23.2 Å². The fourth-order valence-corrected chi connectivity index (χ4v) is 2.16. The van der Waals surface area contributed by atoms with Crippen LogP contribution in [0.4, 0.5) is 0 Å². The smallest absolute Gasteiger partial charge is 0.252 e. The number of aryl methyl sites for hydroxylation is 1. The SMILES string of the molecule is Cn1cc(C(=O)NCCN2CCCC2)ccc1=O. The minimum Gasteiger partial charge on any atom is -0.351 e. The summed E-state index contributed by atoms with van der Waals surface area (Å²) in [6, 6.07) is 2.98. The van der Waals surface area contributed by atoms with E-state index in [2.05, 4.69) is 10.2 Å². The first-order chi connectivity index (χ1) is 8.66. The topological polar surface area (TPSA) is 54.3 Å². The molecule has 0 aliphatic carbocycles. The largest absolute Gasteiger partial charge is 0.351 e. The summed E-state index contributed by atoms with van der Waals surface area (Å²) in [5.41, 5.74) is 0.419. The fraction of sp³-hybridized carbons (Fsp3) is 0.538. The number of amides is 1. The van der Waals surface area contributed by atoms with Gasteiger partial charge in [0.05, 0.1) is 5.56 Å². The molecule has 0 bridgehead atoms. The lowest BCUT2D eigenvalue weighted by molar-refractivity contribution is 0.0949. The van der Waals surface area contributed by atoms with E-state index in [1.807, 2.05) is 0 Å². The van der Waals surface area contributed by atoms with Crippen molar-refractivity contribution in [1.29, 1.82) is 0 Å². The molecule has 98 valence electrons. The monoisotopic (exact) mass is 249 g/mol. The second-order valence-corrected chi connectivity index (χ2v) is 4.67. The van der Waals surface area contributed by atoms with Crippen LogP contribution in [0.2, 0.25) is 0 Å². The Morgan fingerprint density at radius 2 is 2.06 bits per heavy atom. The number of carbonyl (C=O) groups is 1. The lowest BCUT2D eigenvalue weighted by Crippen LogP contribution is -2.34. The first kappa shape index (κ1) is 12.8. The highest BCUT2D eigenvalue weighted by Gasteiger charge is 2.11. The van der Waals surface area contributed by atoms with E-state index in [0.29, 0.717) is 12.1 Å². The van der Waals surface area contributed by atoms with Gasteiger partial charge in [0.15, 0.2) is 0 Å². The lowest BCUT2D eigenvalue weighted by Gasteiger charge is -2.14. The molecule has 1 fully saturated rings. The summed E-state index contributed by atoms with van der Waals surface area (Å²) in [6.07, 6.45) is 4.08. The van der Waals surface area contributed by atoms with E-state index in [-0.39, 0.29) is 11.5 Å². The van der Waals surface area contributed by atoms with Gasteiger partial charge in [-0.2, -0.15) is 0 Å². The zero-order valence-corrected chi connectivity index (χ0v) is 10.7. The lowest BCUT2D eigenvalue weighted by atomic mass is 10.2. The number of rotatable bonds is 4. The van der Waals surface area contributed by atoms with E-state index in [9.17, 15) is 9.59 Å². The molecule has 0 aromatic carbocycles. The first-order valence-electron chi connectivity index (χ1n) is 6.34. The molecule has 2 rings (SSSR count). The highest BCUT2D eigenvalue weighted by Crippen LogP contribution is 2.05. The molecular weight excluding hydrogens is 230 g/mol. The standard InChI is InChI=1S/C13H19N3O2/c1-15-10-11(4-5-12(15)17)13(18)14-6-9-16-7-2-3-8-16/h4-5,10H,2-3,6-9H2,1H3,(H,14,18). The second-order valence-electron chi connectivity index (χ2n) is 4.67. The van der Waals surface area contributed by atoms with Gasteiger partial charge in [0.2, 0.25) is 5.56 Å². The maximum atomic E-state index is 11.8. The summed E-state index contributed by atoms with van der Waals surface area (Å²) in [4.78, 5) is 25.4. The summed E-state index contributed by atoms with van der Waals surface area (Å²) in [6.45, 7) is 3.82. The van der Waals surface area contributed by atoms with Crippen LogP contribution in [-0.4, -0.2) is 41.6 Å². The third-order valence-corrected chi connectivity index (χ3v) is 3.26. The van der Waals surface area contributed by atoms with Crippen LogP contribution in [0.5, 0.6) is 0 Å². The Labute approximate surface area is 106 Å². The van der Waals surface area contributed by atoms with Gasteiger partial charge in [-0.15, -0.1) is 0 Å². The van der Waals surface area contributed by atoms with Gasteiger partial charge in [-0.25, -0.2) is 0 Å². The van der Waals surface area contributed by atoms with Crippen LogP contribution in [0.3, 0.4) is 0 Å². The number of pyridine rings is 1. The predicted octanol–water partition coefficient (Wildman–Crippen LogP) is 0.211. The van der Waals surface area contributed by atoms with Gasteiger partial charge in [0.1, 0.15) is 0 Å². The van der Waals surface area contributed by atoms with Crippen molar-refractivity contribution >= 4 is 5.91 Å². The molecule has 2 heterocycles. The normalized spacial score (nSPS) is 15.8. The molecule has 1 aromatic rings. The Kier molecular flexibility index (Phi) is 4.15. The number of hydrogen-bond donors (Lipinski definition) is 1. The van der Waals surface area contributed by atoms with Gasteiger partial charge in [-0.1, -0.05) is 0 Å². The summed E-state index contributed by atoms with van der Waals surface area (Å²) in [5.74, 6) is -0.121. The van der Waals surface area contributed by atoms with Crippen molar-refractivity contribution in [1.82, 2.24) is 14.8 Å². The van der Waals surface area contributed by atoms with Gasteiger partial charge in [-0.05, 0) is 32.0 Å². The van der Waals surface area contributed by atoms with Crippen molar-refractivity contribution in [3.05, 3.63) is 34.2 Å². The van der Waals surface area contributed by atoms with Crippen molar-refractivity contribution in [3.8, 4) is 0 Å². The average Bonchev–Trinajstić information content (AvgIpc) is 2.85. The van der Waals surface area contributed by atoms with Crippen LogP contribution in [-0.2, 0) is 7.05 Å². The summed E-state index contributed by atoms with van der Waals surface area (Å²) < 4.78 is 1.41. The molecule has 5 heteroatoms. The molecule has 0 radical (unpaired) electrons. The third kappa shape index (κ3) is 3.20. The molecule has 1 saturated heterocycles. The highest BCUT2D eigenvalue weighted by molar-refractivity contribution is 5.93. The number of carbonyl (C=O) groups excluding carboxylic acids is 1. The summed E-state index contributed by atoms with van der Waals surface area (Å²) in [7, 11) is 1.64. The molecule has 5 nitrogen and oxygen atoms in total. The van der Waals surface area contributed by atoms with Gasteiger partial charge >= 0.3 is 0 Å². The zero-order chi connectivity index (χ0) is 13.0. The quantitative estimate of drug-likeness (QED) is 0.830. The Morgan fingerprint density at radius 3 is 2.72 bits per heavy atom. The van der Waals surface area contributed by atoms with Crippen molar-refractivity contribution < 1.29 is 4.79 Å². The molecule has 0 unspecified atom stereocenters. The summed E-state index contributed by atoms with van der Waals surface area (Å²) >= 11 is 0. The Balaban J connectivity index is 1.83. The highest BCUT2D eigenvalue weighted by atomic mass is 16.2. The molecule has 0 atom stereocenters. The van der Waals surface area contributed by atoms with Crippen LogP contribution in [0, 0.1) is 0 Å². The van der Waals surface area contributed by atoms with Crippen LogP contribution >= 0.6 is 0 Å². The molecule has 1 N–H and O–H groups in total. The Morgan fingerprint density at radius 1 is 1.33 bits per heavy atom. The van der Waals surface area contributed by atoms with E-state index in [0.717, 1.165) is 19.6 Å². The van der Waals surface area contributed by atoms with Crippen molar-refractivity contribution in [3.63, 3.8) is 0 Å². The summed E-state index contributed by atoms with van der Waals surface area (Å²) in [5, 5.41) is 2.88. The third-order valence-electron chi connectivity index (χ3n) is 3.26. The van der Waals surface area contributed by atoms with Crippen molar-refractivity contribution in [2.24, 2.45) is 7.05 Å². The number of nitrogens with zero attached hydrogens (tertiary/aromatic N) is 2. The van der Waals surface area contributed by atoms with E-state index < -0.39 is 0 Å². The van der Waals surface area contributed by atoms with E-state index in [1.165, 1.54) is 23.5 Å². The maximum absolute atomic E-state index is 11.8. The number of likely N-dealkylation sites (tertiary alicyclic amines) is 1. The second kappa shape index (κ2) is 5.82. The zero-order valence-electron chi connectivity index (χ0n) is 10.7. The average molecular weight is 249 g/mol. The van der Waals surface area contributed by atoms with E-state index in [1.54, 1.807) is 19.3 Å².